The Hall–Kier alpha value is -2.43. The number of halogens is 2. The highest BCUT2D eigenvalue weighted by Gasteiger charge is 2.29. The number of amides is 1. The lowest BCUT2D eigenvalue weighted by atomic mass is 9.92. The number of para-hydroxylation sites is 1. The Morgan fingerprint density at radius 1 is 1.04 bits per heavy atom. The lowest BCUT2D eigenvalue weighted by molar-refractivity contribution is -0.135. The fourth-order valence-electron chi connectivity index (χ4n) is 3.99. The van der Waals surface area contributed by atoms with Gasteiger partial charge in [0.25, 0.3) is 0 Å². The van der Waals surface area contributed by atoms with Gasteiger partial charge in [-0.1, -0.05) is 30.3 Å². The van der Waals surface area contributed by atoms with Gasteiger partial charge in [0.1, 0.15) is 5.82 Å². The fourth-order valence-corrected chi connectivity index (χ4v) is 3.99. The summed E-state index contributed by atoms with van der Waals surface area (Å²) >= 11 is 0. The normalized spacial score (nSPS) is 20.3. The molecule has 0 aliphatic carbocycles. The van der Waals surface area contributed by atoms with E-state index in [9.17, 15) is 9.18 Å². The average Bonchev–Trinajstić information content (AvgIpc) is 2.64. The molecule has 0 spiro atoms. The Bertz CT molecular complexity index is 837. The van der Waals surface area contributed by atoms with E-state index >= 15 is 4.39 Å². The number of hydrogen-bond acceptors (Lipinski definition) is 2. The topological polar surface area (TPSA) is 29.5 Å². The van der Waals surface area contributed by atoms with Gasteiger partial charge in [0.2, 0.25) is 5.91 Å². The van der Waals surface area contributed by atoms with Crippen molar-refractivity contribution in [2.45, 2.75) is 38.1 Å². The van der Waals surface area contributed by atoms with Gasteiger partial charge in [0.05, 0.1) is 13.0 Å². The molecule has 2 heterocycles. The third-order valence-corrected chi connectivity index (χ3v) is 5.30. The van der Waals surface area contributed by atoms with Crippen molar-refractivity contribution < 1.29 is 18.3 Å². The van der Waals surface area contributed by atoms with Crippen LogP contribution in [0.2, 0.25) is 0 Å². The number of benzene rings is 2. The van der Waals surface area contributed by atoms with Crippen LogP contribution in [0.1, 0.15) is 31.2 Å². The molecule has 4 rings (SSSR count). The maximum atomic E-state index is 15.2. The molecule has 1 fully saturated rings. The summed E-state index contributed by atoms with van der Waals surface area (Å²) in [6, 6.07) is 9.67. The Balaban J connectivity index is 1.83. The van der Waals surface area contributed by atoms with E-state index in [-0.39, 0.29) is 36.5 Å². The van der Waals surface area contributed by atoms with Gasteiger partial charge in [-0.3, -0.25) is 4.79 Å². The maximum Gasteiger partial charge on any atom is 0.226 e. The second kappa shape index (κ2) is 7.06. The monoisotopic (exact) mass is 357 g/mol. The van der Waals surface area contributed by atoms with Crippen molar-refractivity contribution in [2.24, 2.45) is 0 Å². The third kappa shape index (κ3) is 3.06. The largest absolute Gasteiger partial charge is 0.489 e. The second-order valence-corrected chi connectivity index (χ2v) is 6.93. The highest BCUT2D eigenvalue weighted by atomic mass is 19.1. The van der Waals surface area contributed by atoms with E-state index in [1.807, 2.05) is 4.90 Å². The molecule has 1 amide bonds. The van der Waals surface area contributed by atoms with E-state index in [4.69, 9.17) is 4.74 Å². The molecule has 1 atom stereocenters. The predicted molar refractivity (Wildman–Crippen MR) is 95.0 cm³/mol. The van der Waals surface area contributed by atoms with Crippen LogP contribution >= 0.6 is 0 Å². The van der Waals surface area contributed by atoms with Gasteiger partial charge in [-0.15, -0.1) is 0 Å². The maximum absolute atomic E-state index is 15.2. The van der Waals surface area contributed by atoms with Crippen LogP contribution in [0.25, 0.3) is 11.1 Å². The number of ether oxygens (including phenoxy) is 1. The van der Waals surface area contributed by atoms with E-state index in [1.54, 1.807) is 30.3 Å². The van der Waals surface area contributed by atoms with Crippen LogP contribution in [-0.2, 0) is 11.2 Å². The van der Waals surface area contributed by atoms with Gasteiger partial charge in [-0.25, -0.2) is 8.78 Å². The zero-order valence-corrected chi connectivity index (χ0v) is 14.5. The summed E-state index contributed by atoms with van der Waals surface area (Å²) in [7, 11) is 0. The molecular formula is C21H21F2NO2. The van der Waals surface area contributed by atoms with Crippen molar-refractivity contribution in [2.75, 3.05) is 13.2 Å². The minimum atomic E-state index is -0.548. The molecule has 5 heteroatoms. The van der Waals surface area contributed by atoms with Crippen molar-refractivity contribution in [3.8, 4) is 16.9 Å². The summed E-state index contributed by atoms with van der Waals surface area (Å²) in [5, 5.41) is 0. The predicted octanol–water partition coefficient (Wildman–Crippen LogP) is 4.34. The number of hydrogen-bond donors (Lipinski definition) is 0. The number of piperidine rings is 1. The minimum Gasteiger partial charge on any atom is -0.489 e. The molecule has 3 nitrogen and oxygen atoms in total. The van der Waals surface area contributed by atoms with Gasteiger partial charge >= 0.3 is 0 Å². The number of rotatable bonds is 0. The quantitative estimate of drug-likeness (QED) is 0.702. The lowest BCUT2D eigenvalue weighted by Crippen LogP contribution is -2.45. The van der Waals surface area contributed by atoms with Crippen LogP contribution in [0.3, 0.4) is 0 Å². The smallest absolute Gasteiger partial charge is 0.226 e. The number of carbonyl (C=O) groups is 1. The Labute approximate surface area is 151 Å². The van der Waals surface area contributed by atoms with Gasteiger partial charge < -0.3 is 9.64 Å². The molecule has 2 aromatic rings. The van der Waals surface area contributed by atoms with E-state index in [0.717, 1.165) is 19.3 Å². The van der Waals surface area contributed by atoms with Crippen molar-refractivity contribution in [3.63, 3.8) is 0 Å². The average molecular weight is 357 g/mol. The molecule has 0 saturated carbocycles. The van der Waals surface area contributed by atoms with Gasteiger partial charge in [0, 0.05) is 23.7 Å². The lowest BCUT2D eigenvalue weighted by Gasteiger charge is -2.36. The first-order valence-electron chi connectivity index (χ1n) is 9.13. The van der Waals surface area contributed by atoms with Gasteiger partial charge in [-0.05, 0) is 37.3 Å². The van der Waals surface area contributed by atoms with E-state index in [1.165, 1.54) is 6.07 Å². The molecule has 2 aromatic carbocycles. The van der Waals surface area contributed by atoms with Crippen LogP contribution < -0.4 is 4.74 Å². The molecule has 2 bridgehead atoms. The highest BCUT2D eigenvalue weighted by Crippen LogP contribution is 2.36. The first-order valence-corrected chi connectivity index (χ1v) is 9.13. The molecule has 26 heavy (non-hydrogen) atoms. The van der Waals surface area contributed by atoms with Crippen molar-refractivity contribution >= 4 is 5.91 Å². The van der Waals surface area contributed by atoms with Crippen LogP contribution in [-0.4, -0.2) is 30.0 Å². The van der Waals surface area contributed by atoms with Crippen molar-refractivity contribution in [1.82, 2.24) is 4.90 Å². The van der Waals surface area contributed by atoms with E-state index in [2.05, 4.69) is 0 Å². The third-order valence-electron chi connectivity index (χ3n) is 5.30. The summed E-state index contributed by atoms with van der Waals surface area (Å²) in [4.78, 5) is 14.5. The zero-order chi connectivity index (χ0) is 18.1. The molecule has 1 saturated heterocycles. The molecule has 0 unspecified atom stereocenters. The Kier molecular flexibility index (Phi) is 4.62. The highest BCUT2D eigenvalue weighted by molar-refractivity contribution is 5.77. The van der Waals surface area contributed by atoms with Gasteiger partial charge in [0.15, 0.2) is 11.6 Å². The second-order valence-electron chi connectivity index (χ2n) is 6.93. The van der Waals surface area contributed by atoms with Crippen LogP contribution in [0, 0.1) is 11.6 Å². The molecular weight excluding hydrogens is 336 g/mol. The summed E-state index contributed by atoms with van der Waals surface area (Å²) in [6.45, 7) is 0.771. The van der Waals surface area contributed by atoms with E-state index in [0.29, 0.717) is 29.7 Å². The standard InChI is InChI=1S/C21H21F2NO2/c22-18-9-4-8-17-16-7-3-5-14(20(16)23)13-15-6-1-2-11-24(15)19(25)10-12-26-21(17)18/h3-5,7-9,15H,1-2,6,10-13H2/t15-/m1/s1. The molecule has 0 radical (unpaired) electrons. The molecule has 136 valence electrons. The van der Waals surface area contributed by atoms with Crippen LogP contribution in [0.5, 0.6) is 5.75 Å². The minimum absolute atomic E-state index is 0.00659. The Morgan fingerprint density at radius 2 is 1.85 bits per heavy atom. The molecule has 0 N–H and O–H groups in total. The first kappa shape index (κ1) is 17.0. The van der Waals surface area contributed by atoms with Crippen LogP contribution in [0.4, 0.5) is 8.78 Å². The number of nitrogens with zero attached hydrogens (tertiary/aromatic N) is 1. The van der Waals surface area contributed by atoms with Crippen molar-refractivity contribution in [3.05, 3.63) is 53.6 Å². The fraction of sp³-hybridized carbons (Fsp3) is 0.381. The summed E-state index contributed by atoms with van der Waals surface area (Å²) < 4.78 is 35.1. The SMILES string of the molecule is O=C1CCOc2c(F)cccc2-c2cccc(c2F)C[C@H]2CCCCN12. The van der Waals surface area contributed by atoms with Crippen LogP contribution in [0.15, 0.2) is 36.4 Å². The zero-order valence-electron chi connectivity index (χ0n) is 14.5. The summed E-state index contributed by atoms with van der Waals surface area (Å²) in [5.41, 5.74) is 1.28. The first-order chi connectivity index (χ1) is 12.6. The summed E-state index contributed by atoms with van der Waals surface area (Å²) in [6.07, 6.45) is 3.56. The van der Waals surface area contributed by atoms with Gasteiger partial charge in [-0.2, -0.15) is 0 Å². The molecule has 2 aliphatic rings. The van der Waals surface area contributed by atoms with Crippen molar-refractivity contribution in [1.29, 1.82) is 0 Å². The Morgan fingerprint density at radius 3 is 2.73 bits per heavy atom. The summed E-state index contributed by atoms with van der Waals surface area (Å²) in [5.74, 6) is -0.911. The molecule has 0 aromatic heterocycles. The molecule has 2 aliphatic heterocycles. The number of carbonyl (C=O) groups excluding carboxylic acids is 1. The number of fused-ring (bicyclic) bond motifs is 5. The van der Waals surface area contributed by atoms with E-state index < -0.39 is 5.82 Å².